The number of rotatable bonds is 2. The SMILES string of the molecule is [O-]P([O-])Oc1ccc(C(F)(F)F)cc1. The molecule has 1 aromatic carbocycles. The van der Waals surface area contributed by atoms with E-state index in [0.717, 1.165) is 24.3 Å². The fourth-order valence-corrected chi connectivity index (χ4v) is 1.08. The minimum absolute atomic E-state index is 0.144. The van der Waals surface area contributed by atoms with Crippen molar-refractivity contribution in [3.05, 3.63) is 29.8 Å². The van der Waals surface area contributed by atoms with Gasteiger partial charge in [0.15, 0.2) is 0 Å². The van der Waals surface area contributed by atoms with Crippen molar-refractivity contribution in [2.45, 2.75) is 6.18 Å². The third-order valence-electron chi connectivity index (χ3n) is 1.36. The van der Waals surface area contributed by atoms with Gasteiger partial charge in [-0.3, -0.25) is 0 Å². The molecule has 3 nitrogen and oxygen atoms in total. The summed E-state index contributed by atoms with van der Waals surface area (Å²) >= 11 is 0. The zero-order valence-electron chi connectivity index (χ0n) is 6.62. The Labute approximate surface area is 78.8 Å². The summed E-state index contributed by atoms with van der Waals surface area (Å²) in [5.74, 6) is -0.144. The van der Waals surface area contributed by atoms with Crippen LogP contribution in [0.3, 0.4) is 0 Å². The van der Waals surface area contributed by atoms with Gasteiger partial charge in [0.05, 0.1) is 5.56 Å². The third-order valence-corrected chi connectivity index (χ3v) is 1.72. The van der Waals surface area contributed by atoms with Gasteiger partial charge < -0.3 is 14.3 Å². The summed E-state index contributed by atoms with van der Waals surface area (Å²) in [7, 11) is -3.10. The van der Waals surface area contributed by atoms with E-state index in [2.05, 4.69) is 4.52 Å². The molecule has 0 radical (unpaired) electrons. The average Bonchev–Trinajstić information content (AvgIpc) is 2.02. The summed E-state index contributed by atoms with van der Waals surface area (Å²) in [6.07, 6.45) is -4.43. The van der Waals surface area contributed by atoms with E-state index in [-0.39, 0.29) is 5.75 Å². The smallest absolute Gasteiger partial charge is 0.416 e. The van der Waals surface area contributed by atoms with Crippen LogP contribution < -0.4 is 14.3 Å². The molecule has 0 bridgehead atoms. The van der Waals surface area contributed by atoms with E-state index >= 15 is 0 Å². The maximum Gasteiger partial charge on any atom is 0.416 e. The van der Waals surface area contributed by atoms with Gasteiger partial charge >= 0.3 is 6.18 Å². The van der Waals surface area contributed by atoms with Crippen LogP contribution in [0.25, 0.3) is 0 Å². The van der Waals surface area contributed by atoms with Crippen molar-refractivity contribution < 1.29 is 27.5 Å². The number of hydrogen-bond acceptors (Lipinski definition) is 3. The molecule has 14 heavy (non-hydrogen) atoms. The highest BCUT2D eigenvalue weighted by molar-refractivity contribution is 7.36. The van der Waals surface area contributed by atoms with Crippen molar-refractivity contribution in [3.8, 4) is 5.75 Å². The Morgan fingerprint density at radius 3 is 1.93 bits per heavy atom. The van der Waals surface area contributed by atoms with Crippen molar-refractivity contribution in [2.24, 2.45) is 0 Å². The molecule has 0 fully saturated rings. The Morgan fingerprint density at radius 1 is 1.07 bits per heavy atom. The molecule has 0 saturated heterocycles. The lowest BCUT2D eigenvalue weighted by atomic mass is 10.2. The number of halogens is 3. The van der Waals surface area contributed by atoms with Crippen molar-refractivity contribution >= 4 is 8.60 Å². The first-order valence-electron chi connectivity index (χ1n) is 3.39. The topological polar surface area (TPSA) is 55.3 Å². The lowest BCUT2D eigenvalue weighted by molar-refractivity contribution is -0.310. The van der Waals surface area contributed by atoms with Gasteiger partial charge in [-0.05, 0) is 24.3 Å². The van der Waals surface area contributed by atoms with E-state index in [1.807, 2.05) is 0 Å². The lowest BCUT2D eigenvalue weighted by Crippen LogP contribution is -2.12. The number of hydrogen-bond donors (Lipinski definition) is 0. The van der Waals surface area contributed by atoms with E-state index < -0.39 is 20.3 Å². The fourth-order valence-electron chi connectivity index (χ4n) is 0.791. The molecule has 0 spiro atoms. The molecule has 7 heteroatoms. The molecule has 1 rings (SSSR count). The zero-order chi connectivity index (χ0) is 10.8. The van der Waals surface area contributed by atoms with Gasteiger partial charge in [0.25, 0.3) is 0 Å². The normalized spacial score (nSPS) is 11.9. The second-order valence-corrected chi connectivity index (χ2v) is 2.97. The largest absolute Gasteiger partial charge is 0.810 e. The van der Waals surface area contributed by atoms with Gasteiger partial charge in [0.1, 0.15) is 5.75 Å². The highest BCUT2D eigenvalue weighted by Crippen LogP contribution is 2.31. The van der Waals surface area contributed by atoms with Crippen LogP contribution in [0.1, 0.15) is 5.56 Å². The molecule has 0 heterocycles. The summed E-state index contributed by atoms with van der Waals surface area (Å²) in [4.78, 5) is 20.1. The molecule has 0 aromatic heterocycles. The van der Waals surface area contributed by atoms with Crippen LogP contribution in [0.4, 0.5) is 13.2 Å². The number of benzene rings is 1. The van der Waals surface area contributed by atoms with Crippen LogP contribution in [0.2, 0.25) is 0 Å². The molecule has 1 aromatic rings. The van der Waals surface area contributed by atoms with Crippen LogP contribution >= 0.6 is 8.60 Å². The Kier molecular flexibility index (Phi) is 3.31. The molecule has 0 N–H and O–H groups in total. The maximum atomic E-state index is 12.0. The van der Waals surface area contributed by atoms with Crippen LogP contribution in [-0.2, 0) is 6.18 Å². The Hall–Kier alpha value is -0.840. The number of alkyl halides is 3. The van der Waals surface area contributed by atoms with Crippen LogP contribution in [0, 0.1) is 0 Å². The molecule has 78 valence electrons. The van der Waals surface area contributed by atoms with Gasteiger partial charge in [-0.15, -0.1) is 0 Å². The fraction of sp³-hybridized carbons (Fsp3) is 0.143. The standard InChI is InChI=1S/C7H4F3O3P/c8-7(9,10)5-1-3-6(4-2-5)13-14(11)12/h1-4H/q-2. The van der Waals surface area contributed by atoms with Gasteiger partial charge in [0, 0.05) is 0 Å². The minimum atomic E-state index is -4.43. The van der Waals surface area contributed by atoms with E-state index in [9.17, 15) is 23.0 Å². The van der Waals surface area contributed by atoms with E-state index in [1.165, 1.54) is 0 Å². The molecular formula is C7H4F3O3P-2. The molecule has 0 aliphatic rings. The van der Waals surface area contributed by atoms with Crippen molar-refractivity contribution in [1.82, 2.24) is 0 Å². The first kappa shape index (κ1) is 11.2. The summed E-state index contributed by atoms with van der Waals surface area (Å²) < 4.78 is 40.2. The molecule has 0 amide bonds. The first-order valence-corrected chi connectivity index (χ1v) is 4.49. The molecule has 0 atom stereocenters. The average molecular weight is 224 g/mol. The van der Waals surface area contributed by atoms with Gasteiger partial charge in [0.2, 0.25) is 0 Å². The summed E-state index contributed by atoms with van der Waals surface area (Å²) in [6, 6.07) is 3.37. The highest BCUT2D eigenvalue weighted by Gasteiger charge is 2.29. The van der Waals surface area contributed by atoms with Gasteiger partial charge in [-0.2, -0.15) is 13.2 Å². The Morgan fingerprint density at radius 2 is 1.57 bits per heavy atom. The Balaban J connectivity index is 2.79. The van der Waals surface area contributed by atoms with Crippen molar-refractivity contribution in [3.63, 3.8) is 0 Å². The third kappa shape index (κ3) is 3.14. The van der Waals surface area contributed by atoms with Gasteiger partial charge in [-0.25, -0.2) is 0 Å². The Bertz CT molecular complexity index is 296. The van der Waals surface area contributed by atoms with Crippen LogP contribution in [0.15, 0.2) is 24.3 Å². The lowest BCUT2D eigenvalue weighted by Gasteiger charge is -2.29. The second-order valence-electron chi connectivity index (χ2n) is 2.34. The molecule has 0 aliphatic heterocycles. The second kappa shape index (κ2) is 4.13. The van der Waals surface area contributed by atoms with E-state index in [0.29, 0.717) is 0 Å². The summed E-state index contributed by atoms with van der Waals surface area (Å²) in [6.45, 7) is 0. The van der Waals surface area contributed by atoms with Gasteiger partial charge in [-0.1, -0.05) is 8.60 Å². The van der Waals surface area contributed by atoms with Crippen LogP contribution in [0.5, 0.6) is 5.75 Å². The predicted molar refractivity (Wildman–Crippen MR) is 39.0 cm³/mol. The van der Waals surface area contributed by atoms with Crippen molar-refractivity contribution in [2.75, 3.05) is 0 Å². The maximum absolute atomic E-state index is 12.0. The summed E-state index contributed by atoms with van der Waals surface area (Å²) in [5.41, 5.74) is -0.856. The van der Waals surface area contributed by atoms with E-state index in [4.69, 9.17) is 0 Å². The molecular weight excluding hydrogens is 220 g/mol. The first-order chi connectivity index (χ1) is 6.39. The quantitative estimate of drug-likeness (QED) is 0.705. The highest BCUT2D eigenvalue weighted by atomic mass is 31.2. The van der Waals surface area contributed by atoms with Crippen molar-refractivity contribution in [1.29, 1.82) is 0 Å². The van der Waals surface area contributed by atoms with Crippen LogP contribution in [-0.4, -0.2) is 0 Å². The minimum Gasteiger partial charge on any atom is -0.810 e. The zero-order valence-corrected chi connectivity index (χ0v) is 7.51. The molecule has 0 aliphatic carbocycles. The predicted octanol–water partition coefficient (Wildman–Crippen LogP) is 1.03. The summed E-state index contributed by atoms with van der Waals surface area (Å²) in [5, 5.41) is 0. The molecule has 0 saturated carbocycles. The van der Waals surface area contributed by atoms with E-state index in [1.54, 1.807) is 0 Å². The molecule has 0 unspecified atom stereocenters. The monoisotopic (exact) mass is 224 g/mol.